The number of pyridine rings is 1. The summed E-state index contributed by atoms with van der Waals surface area (Å²) in [6.07, 6.45) is 3.46. The lowest BCUT2D eigenvalue weighted by atomic mass is 10.2. The zero-order valence-electron chi connectivity index (χ0n) is 15.2. The van der Waals surface area contributed by atoms with Crippen LogP contribution in [0.25, 0.3) is 16.9 Å². The third-order valence-electron chi connectivity index (χ3n) is 4.25. The second-order valence-corrected chi connectivity index (χ2v) is 6.09. The van der Waals surface area contributed by atoms with Crippen LogP contribution in [0.5, 0.6) is 5.75 Å². The molecule has 1 N–H and O–H groups in total. The first-order valence-corrected chi connectivity index (χ1v) is 8.76. The van der Waals surface area contributed by atoms with E-state index in [0.29, 0.717) is 11.4 Å². The van der Waals surface area contributed by atoms with Gasteiger partial charge in [-0.2, -0.15) is 5.10 Å². The number of hydrogen-bond acceptors (Lipinski definition) is 4. The van der Waals surface area contributed by atoms with Crippen molar-refractivity contribution in [3.05, 3.63) is 90.9 Å². The lowest BCUT2D eigenvalue weighted by molar-refractivity contribution is 0.102. The highest BCUT2D eigenvalue weighted by atomic mass is 16.5. The maximum atomic E-state index is 12.8. The van der Waals surface area contributed by atoms with Crippen molar-refractivity contribution in [1.82, 2.24) is 14.8 Å². The molecule has 28 heavy (non-hydrogen) atoms. The first-order valence-electron chi connectivity index (χ1n) is 8.76. The SMILES string of the molecule is COc1ccc(NC(=O)c2cc(-c3cccnc3)n(-c3ccccc3)n2)cc1. The van der Waals surface area contributed by atoms with Gasteiger partial charge in [-0.3, -0.25) is 9.78 Å². The molecule has 0 aliphatic rings. The molecule has 4 rings (SSSR count). The number of para-hydroxylation sites is 1. The molecule has 1 amide bonds. The Labute approximate surface area is 162 Å². The number of carbonyl (C=O) groups excluding carboxylic acids is 1. The first-order chi connectivity index (χ1) is 13.7. The molecule has 0 saturated heterocycles. The Kier molecular flexibility index (Phi) is 4.84. The fourth-order valence-electron chi connectivity index (χ4n) is 2.85. The van der Waals surface area contributed by atoms with E-state index in [4.69, 9.17) is 4.74 Å². The Balaban J connectivity index is 1.69. The summed E-state index contributed by atoms with van der Waals surface area (Å²) in [5, 5.41) is 7.41. The van der Waals surface area contributed by atoms with Crippen LogP contribution < -0.4 is 10.1 Å². The number of ether oxygens (including phenoxy) is 1. The minimum Gasteiger partial charge on any atom is -0.497 e. The number of aromatic nitrogens is 3. The van der Waals surface area contributed by atoms with Crippen molar-refractivity contribution in [2.24, 2.45) is 0 Å². The summed E-state index contributed by atoms with van der Waals surface area (Å²) in [4.78, 5) is 16.9. The van der Waals surface area contributed by atoms with Gasteiger partial charge in [0.1, 0.15) is 5.75 Å². The summed E-state index contributed by atoms with van der Waals surface area (Å²) in [5.41, 5.74) is 3.52. The fourth-order valence-corrected chi connectivity index (χ4v) is 2.85. The molecule has 0 aliphatic carbocycles. The van der Waals surface area contributed by atoms with Crippen LogP contribution in [0.1, 0.15) is 10.5 Å². The molecule has 4 aromatic rings. The van der Waals surface area contributed by atoms with Crippen molar-refractivity contribution in [2.75, 3.05) is 12.4 Å². The van der Waals surface area contributed by atoms with Crippen LogP contribution in [-0.2, 0) is 0 Å². The van der Waals surface area contributed by atoms with Crippen molar-refractivity contribution in [1.29, 1.82) is 0 Å². The summed E-state index contributed by atoms with van der Waals surface area (Å²) in [6.45, 7) is 0. The predicted molar refractivity (Wildman–Crippen MR) is 108 cm³/mol. The van der Waals surface area contributed by atoms with Crippen LogP contribution in [-0.4, -0.2) is 27.8 Å². The van der Waals surface area contributed by atoms with Gasteiger partial charge in [0.25, 0.3) is 5.91 Å². The molecule has 2 heterocycles. The van der Waals surface area contributed by atoms with E-state index < -0.39 is 0 Å². The van der Waals surface area contributed by atoms with Crippen LogP contribution in [0, 0.1) is 0 Å². The van der Waals surface area contributed by atoms with Crippen LogP contribution in [0.2, 0.25) is 0 Å². The number of amides is 1. The quantitative estimate of drug-likeness (QED) is 0.572. The zero-order chi connectivity index (χ0) is 19.3. The van der Waals surface area contributed by atoms with Gasteiger partial charge in [0.15, 0.2) is 5.69 Å². The average molecular weight is 370 g/mol. The normalized spacial score (nSPS) is 10.5. The maximum Gasteiger partial charge on any atom is 0.276 e. The first kappa shape index (κ1) is 17.5. The minimum absolute atomic E-state index is 0.287. The van der Waals surface area contributed by atoms with Crippen molar-refractivity contribution in [2.45, 2.75) is 0 Å². The number of anilines is 1. The van der Waals surface area contributed by atoms with Crippen molar-refractivity contribution in [3.8, 4) is 22.7 Å². The molecule has 2 aromatic carbocycles. The number of methoxy groups -OCH3 is 1. The van der Waals surface area contributed by atoms with Crippen molar-refractivity contribution in [3.63, 3.8) is 0 Å². The molecule has 6 heteroatoms. The van der Waals surface area contributed by atoms with Crippen LogP contribution in [0.3, 0.4) is 0 Å². The van der Waals surface area contributed by atoms with Crippen molar-refractivity contribution < 1.29 is 9.53 Å². The Bertz CT molecular complexity index is 1020. The van der Waals surface area contributed by atoms with Crippen LogP contribution >= 0.6 is 0 Å². The molecule has 0 atom stereocenters. The summed E-state index contributed by atoms with van der Waals surface area (Å²) < 4.78 is 6.89. The summed E-state index contributed by atoms with van der Waals surface area (Å²) >= 11 is 0. The third-order valence-corrected chi connectivity index (χ3v) is 4.25. The monoisotopic (exact) mass is 370 g/mol. The molecular weight excluding hydrogens is 352 g/mol. The van der Waals surface area contributed by atoms with Crippen LogP contribution in [0.4, 0.5) is 5.69 Å². The fraction of sp³-hybridized carbons (Fsp3) is 0.0455. The molecule has 0 unspecified atom stereocenters. The van der Waals surface area contributed by atoms with Gasteiger partial charge in [-0.05, 0) is 54.6 Å². The second kappa shape index (κ2) is 7.75. The molecule has 0 radical (unpaired) electrons. The van der Waals surface area contributed by atoms with Gasteiger partial charge in [-0.15, -0.1) is 0 Å². The molecule has 0 fully saturated rings. The van der Waals surface area contributed by atoms with Gasteiger partial charge in [0.05, 0.1) is 18.5 Å². The Hall–Kier alpha value is -3.93. The minimum atomic E-state index is -0.287. The largest absolute Gasteiger partial charge is 0.497 e. The third kappa shape index (κ3) is 3.61. The molecule has 0 spiro atoms. The second-order valence-electron chi connectivity index (χ2n) is 6.09. The summed E-state index contributed by atoms with van der Waals surface area (Å²) in [5.74, 6) is 0.440. The van der Waals surface area contributed by atoms with Gasteiger partial charge in [0, 0.05) is 23.6 Å². The molecule has 138 valence electrons. The Morgan fingerprint density at radius 3 is 2.46 bits per heavy atom. The zero-order valence-corrected chi connectivity index (χ0v) is 15.2. The lowest BCUT2D eigenvalue weighted by Crippen LogP contribution is -2.13. The number of hydrogen-bond donors (Lipinski definition) is 1. The van der Waals surface area contributed by atoms with Gasteiger partial charge in [-0.1, -0.05) is 18.2 Å². The van der Waals surface area contributed by atoms with Crippen molar-refractivity contribution >= 4 is 11.6 Å². The number of carbonyl (C=O) groups is 1. The molecule has 6 nitrogen and oxygen atoms in total. The van der Waals surface area contributed by atoms with Gasteiger partial charge >= 0.3 is 0 Å². The van der Waals surface area contributed by atoms with E-state index in [1.54, 1.807) is 54.5 Å². The van der Waals surface area contributed by atoms with E-state index in [1.165, 1.54) is 0 Å². The molecule has 0 bridgehead atoms. The highest BCUT2D eigenvalue weighted by Crippen LogP contribution is 2.24. The van der Waals surface area contributed by atoms with E-state index in [1.807, 2.05) is 42.5 Å². The van der Waals surface area contributed by atoms with E-state index in [2.05, 4.69) is 15.4 Å². The van der Waals surface area contributed by atoms with E-state index in [9.17, 15) is 4.79 Å². The van der Waals surface area contributed by atoms with E-state index >= 15 is 0 Å². The highest BCUT2D eigenvalue weighted by molar-refractivity contribution is 6.03. The molecule has 0 saturated carbocycles. The van der Waals surface area contributed by atoms with Gasteiger partial charge < -0.3 is 10.1 Å². The summed E-state index contributed by atoms with van der Waals surface area (Å²) in [7, 11) is 1.60. The Morgan fingerprint density at radius 1 is 1.00 bits per heavy atom. The molecular formula is C22H18N4O2. The predicted octanol–water partition coefficient (Wildman–Crippen LogP) is 4.20. The van der Waals surface area contributed by atoms with E-state index in [-0.39, 0.29) is 5.91 Å². The van der Waals surface area contributed by atoms with Gasteiger partial charge in [0.2, 0.25) is 0 Å². The maximum absolute atomic E-state index is 12.8. The molecule has 0 aliphatic heterocycles. The standard InChI is InChI=1S/C22H18N4O2/c1-28-19-11-9-17(10-12-19)24-22(27)20-14-21(16-6-5-13-23-15-16)26(25-20)18-7-3-2-4-8-18/h2-15H,1H3,(H,24,27). The summed E-state index contributed by atoms with van der Waals surface area (Å²) in [6, 6.07) is 22.4. The van der Waals surface area contributed by atoms with E-state index in [0.717, 1.165) is 22.7 Å². The number of rotatable bonds is 5. The number of nitrogens with one attached hydrogen (secondary N) is 1. The smallest absolute Gasteiger partial charge is 0.276 e. The van der Waals surface area contributed by atoms with Crippen LogP contribution in [0.15, 0.2) is 85.2 Å². The average Bonchev–Trinajstić information content (AvgIpc) is 3.21. The molecule has 2 aromatic heterocycles. The lowest BCUT2D eigenvalue weighted by Gasteiger charge is -2.06. The number of benzene rings is 2. The topological polar surface area (TPSA) is 69.0 Å². The number of nitrogens with zero attached hydrogens (tertiary/aromatic N) is 3. The highest BCUT2D eigenvalue weighted by Gasteiger charge is 2.17. The Morgan fingerprint density at radius 2 is 1.79 bits per heavy atom. The van der Waals surface area contributed by atoms with Gasteiger partial charge in [-0.25, -0.2) is 4.68 Å².